The summed E-state index contributed by atoms with van der Waals surface area (Å²) in [7, 11) is 3.26. The zero-order valence-corrected chi connectivity index (χ0v) is 21.1. The van der Waals surface area contributed by atoms with Crippen molar-refractivity contribution < 1.29 is 19.3 Å². The van der Waals surface area contributed by atoms with E-state index in [-0.39, 0.29) is 6.61 Å². The Labute approximate surface area is 216 Å². The summed E-state index contributed by atoms with van der Waals surface area (Å²) < 4.78 is 16.4. The molecule has 1 aliphatic rings. The number of morpholine rings is 1. The number of pyridine rings is 1. The molecule has 1 aliphatic heterocycles. The van der Waals surface area contributed by atoms with Crippen LogP contribution in [-0.4, -0.2) is 73.7 Å². The molecule has 5 rings (SSSR count). The van der Waals surface area contributed by atoms with E-state index in [1.807, 2.05) is 54.7 Å². The van der Waals surface area contributed by atoms with E-state index < -0.39 is 0 Å². The van der Waals surface area contributed by atoms with Gasteiger partial charge in [-0.05, 0) is 36.8 Å². The van der Waals surface area contributed by atoms with Crippen LogP contribution in [0.4, 0.5) is 17.2 Å². The van der Waals surface area contributed by atoms with Crippen LogP contribution in [-0.2, 0) is 4.74 Å². The van der Waals surface area contributed by atoms with Crippen LogP contribution < -0.4 is 19.3 Å². The first-order chi connectivity index (χ1) is 18.2. The van der Waals surface area contributed by atoms with Crippen molar-refractivity contribution in [3.05, 3.63) is 60.9 Å². The average Bonchev–Trinajstić information content (AvgIpc) is 2.97. The maximum absolute atomic E-state index is 9.53. The first kappa shape index (κ1) is 24.7. The molecular formula is C28H31N5O4. The van der Waals surface area contributed by atoms with Crippen molar-refractivity contribution in [3.63, 3.8) is 0 Å². The van der Waals surface area contributed by atoms with Gasteiger partial charge in [-0.1, -0.05) is 0 Å². The third-order valence-corrected chi connectivity index (χ3v) is 6.40. The molecule has 0 atom stereocenters. The van der Waals surface area contributed by atoms with E-state index in [1.54, 1.807) is 20.4 Å². The molecule has 0 aliphatic carbocycles. The van der Waals surface area contributed by atoms with Gasteiger partial charge in [0, 0.05) is 67.6 Å². The van der Waals surface area contributed by atoms with Crippen molar-refractivity contribution in [1.29, 1.82) is 0 Å². The number of nitrogens with zero attached hydrogens (tertiary/aromatic N) is 5. The summed E-state index contributed by atoms with van der Waals surface area (Å²) >= 11 is 0. The van der Waals surface area contributed by atoms with Crippen LogP contribution in [0.25, 0.3) is 22.3 Å². The molecule has 1 saturated heterocycles. The Balaban J connectivity index is 1.47. The van der Waals surface area contributed by atoms with Gasteiger partial charge in [0.1, 0.15) is 17.3 Å². The Morgan fingerprint density at radius 2 is 1.68 bits per heavy atom. The van der Waals surface area contributed by atoms with Gasteiger partial charge in [0.05, 0.1) is 50.4 Å². The molecule has 1 fully saturated rings. The topological polar surface area (TPSA) is 93.1 Å². The van der Waals surface area contributed by atoms with Gasteiger partial charge >= 0.3 is 0 Å². The highest BCUT2D eigenvalue weighted by Gasteiger charge is 2.15. The Kier molecular flexibility index (Phi) is 7.62. The number of benzene rings is 2. The number of fused-ring (bicyclic) bond motifs is 1. The maximum atomic E-state index is 9.53. The highest BCUT2D eigenvalue weighted by Crippen LogP contribution is 2.34. The van der Waals surface area contributed by atoms with Gasteiger partial charge < -0.3 is 29.1 Å². The van der Waals surface area contributed by atoms with Gasteiger partial charge in [-0.25, -0.2) is 9.97 Å². The van der Waals surface area contributed by atoms with E-state index in [9.17, 15) is 5.11 Å². The number of ether oxygens (including phenoxy) is 3. The quantitative estimate of drug-likeness (QED) is 0.364. The summed E-state index contributed by atoms with van der Waals surface area (Å²) in [6.45, 7) is 3.83. The lowest BCUT2D eigenvalue weighted by Gasteiger charge is -2.27. The van der Waals surface area contributed by atoms with Gasteiger partial charge in [-0.2, -0.15) is 0 Å². The van der Waals surface area contributed by atoms with Crippen molar-refractivity contribution in [3.8, 4) is 22.8 Å². The van der Waals surface area contributed by atoms with Crippen LogP contribution in [0.5, 0.6) is 11.5 Å². The molecule has 4 aromatic rings. The van der Waals surface area contributed by atoms with Gasteiger partial charge in [-0.15, -0.1) is 0 Å². The standard InChI is InChI=1S/C28H31N5O4/c1-35-23-14-22(15-24(17-23)36-2)33(8-3-11-34)21-5-6-25-26(16-21)31-27(19-29-25)20-4-7-28(30-18-20)32-9-12-37-13-10-32/h4-7,14-19,34H,3,8-13H2,1-2H3. The molecular weight excluding hydrogens is 470 g/mol. The fourth-order valence-electron chi connectivity index (χ4n) is 4.41. The Hall–Kier alpha value is -3.95. The molecule has 192 valence electrons. The molecule has 0 unspecified atom stereocenters. The molecule has 3 heterocycles. The molecule has 0 saturated carbocycles. The zero-order chi connectivity index (χ0) is 25.6. The number of aliphatic hydroxyl groups excluding tert-OH is 1. The lowest BCUT2D eigenvalue weighted by Crippen LogP contribution is -2.36. The predicted octanol–water partition coefficient (Wildman–Crippen LogP) is 4.07. The van der Waals surface area contributed by atoms with Crippen molar-refractivity contribution in [2.45, 2.75) is 6.42 Å². The molecule has 37 heavy (non-hydrogen) atoms. The number of methoxy groups -OCH3 is 2. The van der Waals surface area contributed by atoms with Crippen LogP contribution >= 0.6 is 0 Å². The lowest BCUT2D eigenvalue weighted by molar-refractivity contribution is 0.122. The average molecular weight is 502 g/mol. The number of rotatable bonds is 9. The Bertz CT molecular complexity index is 1320. The van der Waals surface area contributed by atoms with E-state index >= 15 is 0 Å². The summed E-state index contributed by atoms with van der Waals surface area (Å²) in [5.41, 5.74) is 5.08. The summed E-state index contributed by atoms with van der Waals surface area (Å²) in [4.78, 5) is 18.6. The van der Waals surface area contributed by atoms with E-state index in [1.165, 1.54) is 0 Å². The maximum Gasteiger partial charge on any atom is 0.128 e. The fraction of sp³-hybridized carbons (Fsp3) is 0.321. The monoisotopic (exact) mass is 501 g/mol. The van der Waals surface area contributed by atoms with Crippen LogP contribution in [0.3, 0.4) is 0 Å². The minimum atomic E-state index is 0.0859. The second-order valence-electron chi connectivity index (χ2n) is 8.73. The van der Waals surface area contributed by atoms with Crippen molar-refractivity contribution in [2.75, 3.05) is 63.5 Å². The fourth-order valence-corrected chi connectivity index (χ4v) is 4.41. The van der Waals surface area contributed by atoms with Crippen molar-refractivity contribution >= 4 is 28.2 Å². The number of hydrogen-bond donors (Lipinski definition) is 1. The van der Waals surface area contributed by atoms with Crippen molar-refractivity contribution in [2.24, 2.45) is 0 Å². The number of anilines is 3. The van der Waals surface area contributed by atoms with E-state index in [0.29, 0.717) is 24.5 Å². The second kappa shape index (κ2) is 11.4. The summed E-state index contributed by atoms with van der Waals surface area (Å²) in [5.74, 6) is 2.33. The first-order valence-electron chi connectivity index (χ1n) is 12.4. The molecule has 2 aromatic carbocycles. The normalized spacial score (nSPS) is 13.5. The zero-order valence-electron chi connectivity index (χ0n) is 21.1. The third kappa shape index (κ3) is 5.58. The van der Waals surface area contributed by atoms with Gasteiger partial charge in [0.15, 0.2) is 0 Å². The molecule has 2 aromatic heterocycles. The molecule has 1 N–H and O–H groups in total. The SMILES string of the molecule is COc1cc(OC)cc(N(CCCO)c2ccc3ncc(-c4ccc(N5CCOCC5)nc4)nc3c2)c1. The van der Waals surface area contributed by atoms with E-state index in [2.05, 4.69) is 19.8 Å². The van der Waals surface area contributed by atoms with Crippen LogP contribution in [0.2, 0.25) is 0 Å². The Morgan fingerprint density at radius 3 is 2.35 bits per heavy atom. The Morgan fingerprint density at radius 1 is 0.892 bits per heavy atom. The highest BCUT2D eigenvalue weighted by atomic mass is 16.5. The van der Waals surface area contributed by atoms with Gasteiger partial charge in [-0.3, -0.25) is 4.98 Å². The lowest BCUT2D eigenvalue weighted by atomic mass is 10.1. The minimum absolute atomic E-state index is 0.0859. The summed E-state index contributed by atoms with van der Waals surface area (Å²) in [5, 5.41) is 9.53. The highest BCUT2D eigenvalue weighted by molar-refractivity contribution is 5.82. The predicted molar refractivity (Wildman–Crippen MR) is 144 cm³/mol. The van der Waals surface area contributed by atoms with Gasteiger partial charge in [0.25, 0.3) is 0 Å². The first-order valence-corrected chi connectivity index (χ1v) is 12.4. The summed E-state index contributed by atoms with van der Waals surface area (Å²) in [6.07, 6.45) is 4.23. The molecule has 9 nitrogen and oxygen atoms in total. The van der Waals surface area contributed by atoms with Crippen LogP contribution in [0.15, 0.2) is 60.9 Å². The van der Waals surface area contributed by atoms with E-state index in [4.69, 9.17) is 19.2 Å². The minimum Gasteiger partial charge on any atom is -0.497 e. The molecule has 0 spiro atoms. The molecule has 0 bridgehead atoms. The van der Waals surface area contributed by atoms with Crippen LogP contribution in [0.1, 0.15) is 6.42 Å². The largest absolute Gasteiger partial charge is 0.497 e. The second-order valence-corrected chi connectivity index (χ2v) is 8.73. The number of aliphatic hydroxyl groups is 1. The third-order valence-electron chi connectivity index (χ3n) is 6.40. The van der Waals surface area contributed by atoms with Crippen LogP contribution in [0, 0.1) is 0 Å². The molecule has 9 heteroatoms. The summed E-state index contributed by atoms with van der Waals surface area (Å²) in [6, 6.07) is 15.8. The number of aromatic nitrogens is 3. The van der Waals surface area contributed by atoms with Crippen molar-refractivity contribution in [1.82, 2.24) is 15.0 Å². The van der Waals surface area contributed by atoms with E-state index in [0.717, 1.165) is 65.8 Å². The number of hydrogen-bond acceptors (Lipinski definition) is 9. The van der Waals surface area contributed by atoms with Gasteiger partial charge in [0.2, 0.25) is 0 Å². The molecule has 0 amide bonds. The smallest absolute Gasteiger partial charge is 0.128 e. The molecule has 0 radical (unpaired) electrons.